The Morgan fingerprint density at radius 2 is 1.81 bits per heavy atom. The van der Waals surface area contributed by atoms with Gasteiger partial charge in [-0.05, 0) is 18.6 Å². The molecule has 1 fully saturated rings. The molecule has 0 saturated carbocycles. The molecular weight excluding hydrogens is 266 g/mol. The fraction of sp³-hybridized carbons (Fsp3) is 0.375. The van der Waals surface area contributed by atoms with E-state index in [0.29, 0.717) is 26.2 Å². The zero-order chi connectivity index (χ0) is 15.2. The fourth-order valence-corrected chi connectivity index (χ4v) is 2.30. The second-order valence-electron chi connectivity index (χ2n) is 5.19. The fourth-order valence-electron chi connectivity index (χ4n) is 2.30. The third-order valence-electron chi connectivity index (χ3n) is 3.54. The van der Waals surface area contributed by atoms with Crippen molar-refractivity contribution in [3.8, 4) is 0 Å². The number of amides is 3. The Labute approximate surface area is 125 Å². The molecule has 0 bridgehead atoms. The Morgan fingerprint density at radius 1 is 1.14 bits per heavy atom. The van der Waals surface area contributed by atoms with Crippen LogP contribution in [0.2, 0.25) is 0 Å². The minimum atomic E-state index is -0.123. The highest BCUT2D eigenvalue weighted by molar-refractivity contribution is 5.77. The summed E-state index contributed by atoms with van der Waals surface area (Å²) >= 11 is 0. The molecule has 0 radical (unpaired) electrons. The van der Waals surface area contributed by atoms with Crippen LogP contribution in [0.3, 0.4) is 0 Å². The highest BCUT2D eigenvalue weighted by Crippen LogP contribution is 2.06. The molecule has 1 heterocycles. The molecule has 0 spiro atoms. The standard InChI is InChI=1S/C16H21N3O2/c1-13-4-3-5-15(12-13)6-7-17-16(21)19-10-8-18(9-11-19)14(2)20/h3-7,12H,8-11H2,1-2H3,(H,17,21)/b7-6+. The Balaban J connectivity index is 1.81. The molecule has 1 aliphatic heterocycles. The number of benzene rings is 1. The van der Waals surface area contributed by atoms with Gasteiger partial charge in [-0.15, -0.1) is 0 Å². The first-order chi connectivity index (χ1) is 10.1. The van der Waals surface area contributed by atoms with E-state index in [-0.39, 0.29) is 11.9 Å². The van der Waals surface area contributed by atoms with Gasteiger partial charge in [0.1, 0.15) is 0 Å². The number of hydrogen-bond acceptors (Lipinski definition) is 2. The van der Waals surface area contributed by atoms with E-state index < -0.39 is 0 Å². The summed E-state index contributed by atoms with van der Waals surface area (Å²) in [6, 6.07) is 7.93. The molecule has 1 saturated heterocycles. The van der Waals surface area contributed by atoms with E-state index in [1.54, 1.807) is 22.9 Å². The van der Waals surface area contributed by atoms with Crippen LogP contribution >= 0.6 is 0 Å². The van der Waals surface area contributed by atoms with Crippen molar-refractivity contribution in [2.45, 2.75) is 13.8 Å². The SMILES string of the molecule is CC(=O)N1CCN(C(=O)N/C=C/c2cccc(C)c2)CC1. The highest BCUT2D eigenvalue weighted by atomic mass is 16.2. The third kappa shape index (κ3) is 4.34. The van der Waals surface area contributed by atoms with Gasteiger partial charge in [0.15, 0.2) is 0 Å². The van der Waals surface area contributed by atoms with Crippen LogP contribution in [-0.4, -0.2) is 47.9 Å². The van der Waals surface area contributed by atoms with Gasteiger partial charge in [0, 0.05) is 39.3 Å². The molecule has 0 atom stereocenters. The van der Waals surface area contributed by atoms with E-state index in [9.17, 15) is 9.59 Å². The molecule has 0 aliphatic carbocycles. The van der Waals surface area contributed by atoms with Crippen molar-refractivity contribution in [1.29, 1.82) is 0 Å². The number of aryl methyl sites for hydroxylation is 1. The summed E-state index contributed by atoms with van der Waals surface area (Å²) in [5, 5.41) is 2.77. The predicted octanol–water partition coefficient (Wildman–Crippen LogP) is 1.84. The molecule has 0 unspecified atom stereocenters. The number of hydrogen-bond donors (Lipinski definition) is 1. The van der Waals surface area contributed by atoms with Crippen LogP contribution in [0.5, 0.6) is 0 Å². The average molecular weight is 287 g/mol. The third-order valence-corrected chi connectivity index (χ3v) is 3.54. The Kier molecular flexibility index (Phi) is 4.98. The molecule has 1 aromatic rings. The molecule has 5 nitrogen and oxygen atoms in total. The van der Waals surface area contributed by atoms with Gasteiger partial charge in [0.2, 0.25) is 5.91 Å². The maximum absolute atomic E-state index is 12.0. The van der Waals surface area contributed by atoms with Crippen molar-refractivity contribution in [2.24, 2.45) is 0 Å². The monoisotopic (exact) mass is 287 g/mol. The van der Waals surface area contributed by atoms with Gasteiger partial charge in [-0.1, -0.05) is 29.8 Å². The molecule has 5 heteroatoms. The van der Waals surface area contributed by atoms with Crippen molar-refractivity contribution >= 4 is 18.0 Å². The maximum atomic E-state index is 12.0. The summed E-state index contributed by atoms with van der Waals surface area (Å²) in [5.41, 5.74) is 2.24. The smallest absolute Gasteiger partial charge is 0.321 e. The van der Waals surface area contributed by atoms with Crippen molar-refractivity contribution in [2.75, 3.05) is 26.2 Å². The average Bonchev–Trinajstić information content (AvgIpc) is 2.47. The minimum absolute atomic E-state index is 0.0643. The summed E-state index contributed by atoms with van der Waals surface area (Å²) < 4.78 is 0. The van der Waals surface area contributed by atoms with E-state index in [0.717, 1.165) is 5.56 Å². The summed E-state index contributed by atoms with van der Waals surface area (Å²) in [6.45, 7) is 5.94. The Morgan fingerprint density at radius 3 is 2.43 bits per heavy atom. The molecule has 1 N–H and O–H groups in total. The first-order valence-electron chi connectivity index (χ1n) is 7.10. The van der Waals surface area contributed by atoms with Crippen LogP contribution < -0.4 is 5.32 Å². The lowest BCUT2D eigenvalue weighted by Crippen LogP contribution is -2.52. The van der Waals surface area contributed by atoms with E-state index in [4.69, 9.17) is 0 Å². The van der Waals surface area contributed by atoms with Crippen LogP contribution in [0.25, 0.3) is 6.08 Å². The number of carbonyl (C=O) groups is 2. The van der Waals surface area contributed by atoms with Gasteiger partial charge < -0.3 is 15.1 Å². The lowest BCUT2D eigenvalue weighted by atomic mass is 10.1. The van der Waals surface area contributed by atoms with Crippen LogP contribution in [0.4, 0.5) is 4.79 Å². The number of urea groups is 1. The van der Waals surface area contributed by atoms with Crippen LogP contribution in [0, 0.1) is 6.92 Å². The quantitative estimate of drug-likeness (QED) is 0.902. The second kappa shape index (κ2) is 6.92. The van der Waals surface area contributed by atoms with Crippen molar-refractivity contribution < 1.29 is 9.59 Å². The summed E-state index contributed by atoms with van der Waals surface area (Å²) in [6.07, 6.45) is 3.53. The lowest BCUT2D eigenvalue weighted by Gasteiger charge is -2.33. The topological polar surface area (TPSA) is 52.7 Å². The number of piperazine rings is 1. The van der Waals surface area contributed by atoms with Crippen LogP contribution in [0.15, 0.2) is 30.5 Å². The molecule has 1 aliphatic rings. The van der Waals surface area contributed by atoms with Gasteiger partial charge in [-0.2, -0.15) is 0 Å². The molecule has 3 amide bonds. The molecule has 1 aromatic carbocycles. The van der Waals surface area contributed by atoms with E-state index in [1.165, 1.54) is 5.56 Å². The van der Waals surface area contributed by atoms with Gasteiger partial charge in [-0.3, -0.25) is 4.79 Å². The number of carbonyl (C=O) groups excluding carboxylic acids is 2. The molecular formula is C16H21N3O2. The number of nitrogens with one attached hydrogen (secondary N) is 1. The van der Waals surface area contributed by atoms with Gasteiger partial charge >= 0.3 is 6.03 Å². The molecule has 2 rings (SSSR count). The van der Waals surface area contributed by atoms with Crippen LogP contribution in [0.1, 0.15) is 18.1 Å². The Bertz CT molecular complexity index is 546. The Hall–Kier alpha value is -2.30. The van der Waals surface area contributed by atoms with Crippen molar-refractivity contribution in [3.63, 3.8) is 0 Å². The first kappa shape index (κ1) is 15.1. The predicted molar refractivity (Wildman–Crippen MR) is 82.6 cm³/mol. The normalized spacial score (nSPS) is 15.3. The second-order valence-corrected chi connectivity index (χ2v) is 5.19. The summed E-state index contributed by atoms with van der Waals surface area (Å²) in [5.74, 6) is 0.0643. The summed E-state index contributed by atoms with van der Waals surface area (Å²) in [7, 11) is 0. The highest BCUT2D eigenvalue weighted by Gasteiger charge is 2.21. The zero-order valence-corrected chi connectivity index (χ0v) is 12.5. The minimum Gasteiger partial charge on any atom is -0.339 e. The van der Waals surface area contributed by atoms with Crippen molar-refractivity contribution in [1.82, 2.24) is 15.1 Å². The number of nitrogens with zero attached hydrogens (tertiary/aromatic N) is 2. The zero-order valence-electron chi connectivity index (χ0n) is 12.5. The first-order valence-corrected chi connectivity index (χ1v) is 7.10. The van der Waals surface area contributed by atoms with E-state index in [1.807, 2.05) is 37.3 Å². The van der Waals surface area contributed by atoms with Gasteiger partial charge in [-0.25, -0.2) is 4.79 Å². The largest absolute Gasteiger partial charge is 0.339 e. The lowest BCUT2D eigenvalue weighted by molar-refractivity contribution is -0.130. The molecule has 0 aromatic heterocycles. The maximum Gasteiger partial charge on any atom is 0.321 e. The molecule has 21 heavy (non-hydrogen) atoms. The van der Waals surface area contributed by atoms with E-state index in [2.05, 4.69) is 5.32 Å². The van der Waals surface area contributed by atoms with Crippen molar-refractivity contribution in [3.05, 3.63) is 41.6 Å². The van der Waals surface area contributed by atoms with Gasteiger partial charge in [0.05, 0.1) is 0 Å². The molecule has 112 valence electrons. The van der Waals surface area contributed by atoms with Gasteiger partial charge in [0.25, 0.3) is 0 Å². The van der Waals surface area contributed by atoms with E-state index >= 15 is 0 Å². The number of rotatable bonds is 2. The van der Waals surface area contributed by atoms with Crippen LogP contribution in [-0.2, 0) is 4.79 Å². The summed E-state index contributed by atoms with van der Waals surface area (Å²) in [4.78, 5) is 26.7.